The summed E-state index contributed by atoms with van der Waals surface area (Å²) >= 11 is 0. The molecule has 0 amide bonds. The minimum absolute atomic E-state index is 0.158. The fourth-order valence-electron chi connectivity index (χ4n) is 4.65. The zero-order valence-corrected chi connectivity index (χ0v) is 19.5. The molecule has 2 saturated heterocycles. The third-order valence-corrected chi connectivity index (χ3v) is 6.23. The van der Waals surface area contributed by atoms with Crippen molar-refractivity contribution < 1.29 is 4.74 Å². The highest BCUT2D eigenvalue weighted by Gasteiger charge is 2.27. The second-order valence-electron chi connectivity index (χ2n) is 9.44. The van der Waals surface area contributed by atoms with E-state index in [4.69, 9.17) is 9.73 Å². The Balaban J connectivity index is 1.57. The highest BCUT2D eigenvalue weighted by atomic mass is 16.5. The van der Waals surface area contributed by atoms with Gasteiger partial charge < -0.3 is 20.3 Å². The van der Waals surface area contributed by atoms with Gasteiger partial charge in [0.2, 0.25) is 0 Å². The Hall–Kier alpha value is -1.59. The molecule has 5 nitrogen and oxygen atoms in total. The Bertz CT molecular complexity index is 650. The first-order valence-corrected chi connectivity index (χ1v) is 12.0. The van der Waals surface area contributed by atoms with Gasteiger partial charge in [-0.25, -0.2) is 0 Å². The average molecular weight is 415 g/mol. The van der Waals surface area contributed by atoms with Gasteiger partial charge in [0.05, 0.1) is 6.10 Å². The Labute approximate surface area is 183 Å². The Morgan fingerprint density at radius 3 is 2.57 bits per heavy atom. The summed E-state index contributed by atoms with van der Waals surface area (Å²) in [7, 11) is 0. The third-order valence-electron chi connectivity index (χ3n) is 6.23. The summed E-state index contributed by atoms with van der Waals surface area (Å²) in [5, 5.41) is 7.16. The molecule has 2 fully saturated rings. The Morgan fingerprint density at radius 1 is 1.17 bits per heavy atom. The fourth-order valence-corrected chi connectivity index (χ4v) is 4.65. The summed E-state index contributed by atoms with van der Waals surface area (Å²) in [5.74, 6) is 2.14. The van der Waals surface area contributed by atoms with E-state index in [-0.39, 0.29) is 6.10 Å². The fraction of sp³-hybridized carbons (Fsp3) is 0.720. The van der Waals surface area contributed by atoms with Crippen molar-refractivity contribution in [3.05, 3.63) is 35.4 Å². The number of likely N-dealkylation sites (tertiary alicyclic amines) is 1. The van der Waals surface area contributed by atoms with E-state index >= 15 is 0 Å². The van der Waals surface area contributed by atoms with Crippen molar-refractivity contribution in [2.75, 3.05) is 39.3 Å². The van der Waals surface area contributed by atoms with Crippen molar-refractivity contribution in [1.82, 2.24) is 15.5 Å². The second-order valence-corrected chi connectivity index (χ2v) is 9.44. The van der Waals surface area contributed by atoms with Crippen molar-refractivity contribution in [2.45, 2.75) is 65.5 Å². The van der Waals surface area contributed by atoms with Gasteiger partial charge in [-0.15, -0.1) is 0 Å². The molecule has 5 heteroatoms. The molecule has 0 saturated carbocycles. The second kappa shape index (κ2) is 11.7. The average Bonchev–Trinajstić information content (AvgIpc) is 2.74. The summed E-state index contributed by atoms with van der Waals surface area (Å²) in [5.41, 5.74) is 2.58. The number of aliphatic imine (C=N–C) groups is 1. The summed E-state index contributed by atoms with van der Waals surface area (Å²) in [6, 6.07) is 9.32. The minimum atomic E-state index is 0.158. The first-order valence-electron chi connectivity index (χ1n) is 12.0. The van der Waals surface area contributed by atoms with E-state index in [0.29, 0.717) is 12.0 Å². The van der Waals surface area contributed by atoms with Gasteiger partial charge in [0.1, 0.15) is 0 Å². The van der Waals surface area contributed by atoms with E-state index in [1.165, 1.54) is 50.0 Å². The number of hydrogen-bond acceptors (Lipinski definition) is 3. The van der Waals surface area contributed by atoms with Crippen LogP contribution < -0.4 is 10.6 Å². The molecular formula is C25H42N4O. The summed E-state index contributed by atoms with van der Waals surface area (Å²) in [4.78, 5) is 7.59. The lowest BCUT2D eigenvalue weighted by Gasteiger charge is -2.34. The zero-order chi connectivity index (χ0) is 21.3. The highest BCUT2D eigenvalue weighted by molar-refractivity contribution is 5.80. The van der Waals surface area contributed by atoms with Crippen molar-refractivity contribution >= 4 is 5.96 Å². The molecule has 2 heterocycles. The van der Waals surface area contributed by atoms with Gasteiger partial charge in [-0.1, -0.05) is 43.7 Å². The molecule has 2 N–H and O–H groups in total. The van der Waals surface area contributed by atoms with Crippen molar-refractivity contribution in [1.29, 1.82) is 0 Å². The number of ether oxygens (including phenoxy) is 1. The van der Waals surface area contributed by atoms with Crippen molar-refractivity contribution in [3.63, 3.8) is 0 Å². The van der Waals surface area contributed by atoms with E-state index in [2.05, 4.69) is 67.5 Å². The number of rotatable bonds is 7. The van der Waals surface area contributed by atoms with Gasteiger partial charge in [-0.2, -0.15) is 0 Å². The van der Waals surface area contributed by atoms with Crippen LogP contribution >= 0.6 is 0 Å². The molecule has 2 unspecified atom stereocenters. The van der Waals surface area contributed by atoms with Gasteiger partial charge in [-0.3, -0.25) is 4.99 Å². The lowest BCUT2D eigenvalue weighted by Crippen LogP contribution is -2.49. The maximum absolute atomic E-state index is 6.19. The van der Waals surface area contributed by atoms with Crippen LogP contribution in [0.3, 0.4) is 0 Å². The lowest BCUT2D eigenvalue weighted by atomic mass is 9.89. The molecule has 1 aromatic rings. The van der Waals surface area contributed by atoms with Crippen LogP contribution in [0.5, 0.6) is 0 Å². The summed E-state index contributed by atoms with van der Waals surface area (Å²) in [6.07, 6.45) is 4.84. The van der Waals surface area contributed by atoms with E-state index in [1.807, 2.05) is 0 Å². The molecule has 2 atom stereocenters. The quantitative estimate of drug-likeness (QED) is 0.520. The molecule has 168 valence electrons. The van der Waals surface area contributed by atoms with Gasteiger partial charge in [0, 0.05) is 51.3 Å². The number of aryl methyl sites for hydroxylation is 1. The van der Waals surface area contributed by atoms with Crippen molar-refractivity contribution in [3.8, 4) is 0 Å². The predicted octanol–water partition coefficient (Wildman–Crippen LogP) is 4.14. The molecular weight excluding hydrogens is 372 g/mol. The van der Waals surface area contributed by atoms with E-state index in [1.54, 1.807) is 0 Å². The maximum atomic E-state index is 6.19. The van der Waals surface area contributed by atoms with Crippen LogP contribution in [0, 0.1) is 18.8 Å². The molecule has 0 aromatic heterocycles. The highest BCUT2D eigenvalue weighted by Crippen LogP contribution is 2.34. The van der Waals surface area contributed by atoms with Crippen LogP contribution in [-0.2, 0) is 4.74 Å². The minimum Gasteiger partial charge on any atom is -0.373 e. The smallest absolute Gasteiger partial charge is 0.191 e. The number of nitrogens with zero attached hydrogens (tertiary/aromatic N) is 2. The molecule has 0 aliphatic carbocycles. The molecule has 1 aromatic carbocycles. The normalized spacial score (nSPS) is 24.2. The Morgan fingerprint density at radius 2 is 1.90 bits per heavy atom. The number of benzene rings is 1. The van der Waals surface area contributed by atoms with E-state index in [0.717, 1.165) is 38.0 Å². The van der Waals surface area contributed by atoms with Crippen LogP contribution in [0.15, 0.2) is 29.3 Å². The Kier molecular flexibility index (Phi) is 9.01. The molecule has 0 radical (unpaired) electrons. The monoisotopic (exact) mass is 414 g/mol. The first-order chi connectivity index (χ1) is 14.5. The van der Waals surface area contributed by atoms with Gasteiger partial charge in [0.15, 0.2) is 5.96 Å². The molecule has 0 bridgehead atoms. The van der Waals surface area contributed by atoms with E-state index in [9.17, 15) is 0 Å². The molecule has 2 aliphatic heterocycles. The number of hydrogen-bond donors (Lipinski definition) is 2. The van der Waals surface area contributed by atoms with Crippen LogP contribution in [-0.4, -0.2) is 56.2 Å². The number of guanidine groups is 1. The third kappa shape index (κ3) is 6.98. The first kappa shape index (κ1) is 23.1. The van der Waals surface area contributed by atoms with Crippen molar-refractivity contribution in [2.24, 2.45) is 16.8 Å². The zero-order valence-electron chi connectivity index (χ0n) is 19.5. The lowest BCUT2D eigenvalue weighted by molar-refractivity contribution is -0.0250. The number of piperidine rings is 1. The van der Waals surface area contributed by atoms with Crippen LogP contribution in [0.1, 0.15) is 63.7 Å². The topological polar surface area (TPSA) is 48.9 Å². The summed E-state index contributed by atoms with van der Waals surface area (Å²) in [6.45, 7) is 15.0. The van der Waals surface area contributed by atoms with Crippen LogP contribution in [0.25, 0.3) is 0 Å². The van der Waals surface area contributed by atoms with Gasteiger partial charge in [0.25, 0.3) is 0 Å². The molecule has 2 aliphatic rings. The largest absolute Gasteiger partial charge is 0.373 e. The number of nitrogens with one attached hydrogen (secondary N) is 2. The standard InChI is InChI=1S/C25H42N4O/c1-5-26-25(28-23-12-14-29(15-13-23)18-19(2)3)27-17-22-7-6-16-30-24(22)21-10-8-20(4)9-11-21/h8-11,19,22-24H,5-7,12-18H2,1-4H3,(H2,26,27,28). The van der Waals surface area contributed by atoms with E-state index < -0.39 is 0 Å². The van der Waals surface area contributed by atoms with Gasteiger partial charge >= 0.3 is 0 Å². The molecule has 0 spiro atoms. The summed E-state index contributed by atoms with van der Waals surface area (Å²) < 4.78 is 6.19. The van der Waals surface area contributed by atoms with Crippen LogP contribution in [0.2, 0.25) is 0 Å². The molecule has 30 heavy (non-hydrogen) atoms. The van der Waals surface area contributed by atoms with Crippen LogP contribution in [0.4, 0.5) is 0 Å². The maximum Gasteiger partial charge on any atom is 0.191 e. The SMILES string of the molecule is CCNC(=NCC1CCCOC1c1ccc(C)cc1)NC1CCN(CC(C)C)CC1. The van der Waals surface area contributed by atoms with Gasteiger partial charge in [-0.05, 0) is 51.0 Å². The predicted molar refractivity (Wildman–Crippen MR) is 126 cm³/mol. The molecule has 3 rings (SSSR count).